The van der Waals surface area contributed by atoms with E-state index in [-0.39, 0.29) is 60.7 Å². The number of hydrogen-bond donors (Lipinski definition) is 0. The summed E-state index contributed by atoms with van der Waals surface area (Å²) in [6.45, 7) is 6.55. The van der Waals surface area contributed by atoms with E-state index in [9.17, 15) is 5.48 Å². The Balaban J connectivity index is 0.00000680. The number of ether oxygens (including phenoxy) is 1. The number of pyridine rings is 1. The first-order valence-electron chi connectivity index (χ1n) is 30.7. The summed E-state index contributed by atoms with van der Waals surface area (Å²) in [5, 5.41) is 5.28. The van der Waals surface area contributed by atoms with Crippen LogP contribution in [0.3, 0.4) is 0 Å². The Labute approximate surface area is 484 Å². The molecule has 5 heterocycles. The first-order chi connectivity index (χ1) is 42.0. The molecule has 0 aliphatic carbocycles. The van der Waals surface area contributed by atoms with E-state index >= 15 is 0 Å². The van der Waals surface area contributed by atoms with E-state index < -0.39 is 68.4 Å². The molecule has 0 spiro atoms. The number of benzene rings is 10. The number of hydrogen-bond acceptors (Lipinski definition) is 2. The maximum Gasteiger partial charge on any atom is 0.268 e. The summed E-state index contributed by atoms with van der Waals surface area (Å²) >= 11 is 0. The molecule has 0 bridgehead atoms. The molecule has 15 rings (SSSR count). The van der Waals surface area contributed by atoms with Crippen LogP contribution in [-0.2, 0) is 26.5 Å². The van der Waals surface area contributed by atoms with Crippen molar-refractivity contribution in [2.75, 3.05) is 0 Å². The van der Waals surface area contributed by atoms with Crippen molar-refractivity contribution in [3.05, 3.63) is 267 Å². The van der Waals surface area contributed by atoms with Crippen LogP contribution in [0.25, 0.3) is 83.4 Å². The molecule has 78 heavy (non-hydrogen) atoms. The van der Waals surface area contributed by atoms with Crippen LogP contribution in [0.4, 0.5) is 0 Å². The molecule has 2 aliphatic heterocycles. The number of imidazole rings is 1. The fourth-order valence-corrected chi connectivity index (χ4v) is 18.0. The Hall–Kier alpha value is -8.61. The van der Waals surface area contributed by atoms with Gasteiger partial charge < -0.3 is 13.9 Å². The van der Waals surface area contributed by atoms with Gasteiger partial charge in [-0.05, 0) is 73.6 Å². The third kappa shape index (κ3) is 7.25. The van der Waals surface area contributed by atoms with Crippen LogP contribution in [0.2, 0.25) is 0 Å². The molecular formula is C70H49BN4OPtSi-2. The Morgan fingerprint density at radius 2 is 1.23 bits per heavy atom. The fourth-order valence-electron chi connectivity index (χ4n) is 12.3. The van der Waals surface area contributed by atoms with Crippen molar-refractivity contribution < 1.29 is 44.1 Å². The molecule has 0 N–H and O–H groups in total. The monoisotopic (exact) mass is 1210 g/mol. The topological polar surface area (TPSA) is 35.9 Å². The van der Waals surface area contributed by atoms with Gasteiger partial charge in [0.05, 0.1) is 38.4 Å². The SMILES string of the molecule is [2H]c1c([2H])c([2H])c(-c2cccc(-c3c([2H])c([2H])c([2H])c([2H])c3[2H])c2-[n+]2[c-]n3c4c5c(ccc42)-c2ccccc2B5[Si](c2ccccc2)(c2ccccc2)c2ccc(Oc4[c-]c5c(cc4)c4ccccc4n5-c4cc(C(C)(C)C)ccn4)[c-]c2-3)c([2H])c1[2H].[Pt]. The molecule has 5 nitrogen and oxygen atoms in total. The molecule has 3 aromatic heterocycles. The van der Waals surface area contributed by atoms with Gasteiger partial charge in [-0.3, -0.25) is 4.57 Å². The first-order valence-corrected chi connectivity index (χ1v) is 27.7. The molecule has 0 radical (unpaired) electrons. The summed E-state index contributed by atoms with van der Waals surface area (Å²) in [4.78, 5) is 4.91. The predicted molar refractivity (Wildman–Crippen MR) is 318 cm³/mol. The van der Waals surface area contributed by atoms with Gasteiger partial charge in [0.25, 0.3) is 6.33 Å². The second-order valence-electron chi connectivity index (χ2n) is 20.7. The molecule has 0 amide bonds. The molecule has 374 valence electrons. The third-order valence-corrected chi connectivity index (χ3v) is 20.8. The minimum Gasteiger partial charge on any atom is -0.510 e. The molecule has 2 aliphatic rings. The first kappa shape index (κ1) is 38.0. The van der Waals surface area contributed by atoms with Crippen molar-refractivity contribution in [3.8, 4) is 62.1 Å². The van der Waals surface area contributed by atoms with E-state index in [4.69, 9.17) is 17.9 Å². The average molecular weight is 1210 g/mol. The van der Waals surface area contributed by atoms with E-state index in [1.54, 1.807) is 22.8 Å². The van der Waals surface area contributed by atoms with Crippen molar-refractivity contribution in [2.24, 2.45) is 0 Å². The number of rotatable bonds is 8. The smallest absolute Gasteiger partial charge is 0.268 e. The van der Waals surface area contributed by atoms with Crippen molar-refractivity contribution >= 4 is 73.6 Å². The van der Waals surface area contributed by atoms with Gasteiger partial charge in [-0.25, -0.2) is 4.98 Å². The van der Waals surface area contributed by atoms with Crippen molar-refractivity contribution in [3.63, 3.8) is 0 Å². The second-order valence-corrected chi connectivity index (χ2v) is 24.6. The minimum absolute atomic E-state index is 0. The van der Waals surface area contributed by atoms with E-state index in [1.165, 1.54) is 0 Å². The quantitative estimate of drug-likeness (QED) is 0.0863. The van der Waals surface area contributed by atoms with Gasteiger partial charge in [0.15, 0.2) is 0 Å². The maximum atomic E-state index is 9.40. The Bertz CT molecular complexity index is 4930. The second kappa shape index (κ2) is 18.6. The van der Waals surface area contributed by atoms with Crippen LogP contribution in [0.5, 0.6) is 11.5 Å². The van der Waals surface area contributed by atoms with E-state index in [1.807, 2.05) is 53.2 Å². The van der Waals surface area contributed by atoms with Gasteiger partial charge in [-0.1, -0.05) is 241 Å². The summed E-state index contributed by atoms with van der Waals surface area (Å²) in [5.74, 6) is 1.56. The van der Waals surface area contributed by atoms with Crippen molar-refractivity contribution in [2.45, 2.75) is 26.2 Å². The summed E-state index contributed by atoms with van der Waals surface area (Å²) in [7, 11) is -3.47. The van der Waals surface area contributed by atoms with Gasteiger partial charge in [0.2, 0.25) is 6.31 Å². The van der Waals surface area contributed by atoms with E-state index in [0.717, 1.165) is 76.3 Å². The van der Waals surface area contributed by atoms with Gasteiger partial charge >= 0.3 is 0 Å². The van der Waals surface area contributed by atoms with Crippen LogP contribution in [0.15, 0.2) is 243 Å². The van der Waals surface area contributed by atoms with Crippen molar-refractivity contribution in [1.82, 2.24) is 14.1 Å². The van der Waals surface area contributed by atoms with Crippen molar-refractivity contribution in [1.29, 1.82) is 0 Å². The molecule has 8 heteroatoms. The van der Waals surface area contributed by atoms with Crippen LogP contribution >= 0.6 is 0 Å². The third-order valence-electron chi connectivity index (χ3n) is 15.6. The number of para-hydroxylation sites is 2. The average Bonchev–Trinajstić information content (AvgIpc) is 1.50. The molecular weight excluding hydrogens is 1150 g/mol. The zero-order chi connectivity index (χ0) is 60.1. The molecule has 0 atom stereocenters. The summed E-state index contributed by atoms with van der Waals surface area (Å²) in [6.07, 6.45) is 5.33. The molecule has 13 aromatic rings. The van der Waals surface area contributed by atoms with Gasteiger partial charge in [-0.2, -0.15) is 12.1 Å². The van der Waals surface area contributed by atoms with E-state index in [2.05, 4.69) is 159 Å². The van der Waals surface area contributed by atoms with E-state index in [0.29, 0.717) is 22.7 Å². The Morgan fingerprint density at radius 1 is 0.603 bits per heavy atom. The molecule has 0 saturated carbocycles. The Kier molecular flexibility index (Phi) is 9.04. The fraction of sp³-hybridized carbons (Fsp3) is 0.0571. The summed E-state index contributed by atoms with van der Waals surface area (Å²) in [5.41, 5.74) is 9.07. The number of fused-ring (bicyclic) bond motifs is 8. The van der Waals surface area contributed by atoms with Gasteiger partial charge in [-0.15, -0.1) is 34.8 Å². The minimum atomic E-state index is -3.47. The predicted octanol–water partition coefficient (Wildman–Crippen LogP) is 12.4. The maximum absolute atomic E-state index is 9.40. The number of nitrogens with zero attached hydrogens (tertiary/aromatic N) is 4. The standard InChI is InChI=1S/C70H49BN4OSi.Pt/c1-70(2,3)49-41-42-72-66(43-49)75-61-34-19-17-30-57(61)58-37-35-50(44-63(58)75)76-51-36-40-65-64(45-51)74-46-73(68-54(47-21-8-4-9-22-47)31-20-32-55(68)48-23-10-5-11-24-48)62-39-38-59-56-29-16-18-33-60(56)71(67(59)69(62)74)77(65,52-25-12-6-13-26-52)53-27-14-7-15-28-53;/h4-43H,1-3H3;/q-2;/i4D,5D,8D,9D,10D,11D,21D,22D,23D,24D;. The molecule has 0 fully saturated rings. The zero-order valence-corrected chi connectivity index (χ0v) is 45.7. The van der Waals surface area contributed by atoms with Crippen LogP contribution < -0.4 is 35.8 Å². The Morgan fingerprint density at radius 3 is 1.94 bits per heavy atom. The number of aromatic nitrogens is 4. The molecule has 0 saturated heterocycles. The summed E-state index contributed by atoms with van der Waals surface area (Å²) < 4.78 is 103. The largest absolute Gasteiger partial charge is 0.510 e. The molecule has 0 unspecified atom stereocenters. The van der Waals surface area contributed by atoms with Gasteiger partial charge in [0.1, 0.15) is 5.82 Å². The zero-order valence-electron chi connectivity index (χ0n) is 52.4. The van der Waals surface area contributed by atoms with Crippen LogP contribution in [-0.4, -0.2) is 28.4 Å². The molecule has 10 aromatic carbocycles. The van der Waals surface area contributed by atoms with Gasteiger partial charge in [0, 0.05) is 44.3 Å². The van der Waals surface area contributed by atoms with Crippen LogP contribution in [0, 0.1) is 18.5 Å². The van der Waals surface area contributed by atoms with Crippen LogP contribution in [0.1, 0.15) is 40.0 Å². The normalized spacial score (nSPS) is 14.8. The summed E-state index contributed by atoms with van der Waals surface area (Å²) in [6, 6.07) is 61.7.